The molecule has 1 nitrogen and oxygen atoms in total. The van der Waals surface area contributed by atoms with E-state index in [1.807, 2.05) is 30.3 Å². The molecule has 2 aromatic carbocycles. The number of halogens is 2. The normalized spacial score (nSPS) is 10.3. The van der Waals surface area contributed by atoms with Crippen LogP contribution < -0.4 is 5.32 Å². The molecule has 1 N–H and O–H groups in total. The maximum atomic E-state index is 13.6. The third-order valence-electron chi connectivity index (χ3n) is 2.92. The molecular formula is C16H15F2N. The first kappa shape index (κ1) is 13.3. The predicted octanol–water partition coefficient (Wildman–Crippen LogP) is 4.40. The minimum atomic E-state index is -0.459. The molecule has 0 aliphatic carbocycles. The molecule has 0 unspecified atom stereocenters. The second kappa shape index (κ2) is 5.65. The number of nitrogens with one attached hydrogen (secondary N) is 1. The smallest absolute Gasteiger partial charge is 0.146 e. The van der Waals surface area contributed by atoms with Gasteiger partial charge in [0.2, 0.25) is 0 Å². The van der Waals surface area contributed by atoms with Crippen LogP contribution >= 0.6 is 0 Å². The quantitative estimate of drug-likeness (QED) is 0.858. The SMILES string of the molecule is C=C(CNc1cc(F)c(C)cc1F)c1ccccc1. The van der Waals surface area contributed by atoms with Gasteiger partial charge in [-0.05, 0) is 29.7 Å². The lowest BCUT2D eigenvalue weighted by Gasteiger charge is -2.11. The van der Waals surface area contributed by atoms with Crippen LogP contribution in [-0.2, 0) is 0 Å². The third-order valence-corrected chi connectivity index (χ3v) is 2.92. The summed E-state index contributed by atoms with van der Waals surface area (Å²) in [5.74, 6) is -0.881. The molecule has 0 heterocycles. The van der Waals surface area contributed by atoms with E-state index in [1.54, 1.807) is 0 Å². The van der Waals surface area contributed by atoms with Crippen LogP contribution in [0.15, 0.2) is 49.0 Å². The van der Waals surface area contributed by atoms with Crippen LogP contribution in [0.5, 0.6) is 0 Å². The fourth-order valence-electron chi connectivity index (χ4n) is 1.76. The fraction of sp³-hybridized carbons (Fsp3) is 0.125. The first-order valence-electron chi connectivity index (χ1n) is 6.00. The summed E-state index contributed by atoms with van der Waals surface area (Å²) >= 11 is 0. The average molecular weight is 259 g/mol. The molecule has 0 bridgehead atoms. The van der Waals surface area contributed by atoms with E-state index in [2.05, 4.69) is 11.9 Å². The maximum absolute atomic E-state index is 13.6. The standard InChI is InChI=1S/C16H15F2N/c1-11-8-15(18)16(9-14(11)17)19-10-12(2)13-6-4-3-5-7-13/h3-9,19H,2,10H2,1H3. The van der Waals surface area contributed by atoms with Gasteiger partial charge in [-0.1, -0.05) is 36.9 Å². The van der Waals surface area contributed by atoms with Gasteiger partial charge in [0.25, 0.3) is 0 Å². The zero-order valence-corrected chi connectivity index (χ0v) is 10.7. The number of anilines is 1. The van der Waals surface area contributed by atoms with E-state index in [4.69, 9.17) is 0 Å². The van der Waals surface area contributed by atoms with Crippen LogP contribution in [0.4, 0.5) is 14.5 Å². The summed E-state index contributed by atoms with van der Waals surface area (Å²) in [6.07, 6.45) is 0. The van der Waals surface area contributed by atoms with Crippen LogP contribution in [-0.4, -0.2) is 6.54 Å². The van der Waals surface area contributed by atoms with Crippen molar-refractivity contribution in [2.45, 2.75) is 6.92 Å². The Morgan fingerprint density at radius 2 is 1.79 bits per heavy atom. The molecule has 2 rings (SSSR count). The lowest BCUT2D eigenvalue weighted by molar-refractivity contribution is 0.595. The van der Waals surface area contributed by atoms with Gasteiger partial charge in [-0.2, -0.15) is 0 Å². The first-order chi connectivity index (χ1) is 9.08. The lowest BCUT2D eigenvalue weighted by Crippen LogP contribution is -2.06. The summed E-state index contributed by atoms with van der Waals surface area (Å²) in [7, 11) is 0. The second-order valence-corrected chi connectivity index (χ2v) is 4.40. The Bertz CT molecular complexity index is 591. The Balaban J connectivity index is 2.07. The van der Waals surface area contributed by atoms with Gasteiger partial charge < -0.3 is 5.32 Å². The van der Waals surface area contributed by atoms with E-state index in [0.29, 0.717) is 12.1 Å². The Morgan fingerprint density at radius 3 is 2.47 bits per heavy atom. The minimum absolute atomic E-state index is 0.153. The average Bonchev–Trinajstić information content (AvgIpc) is 2.42. The monoisotopic (exact) mass is 259 g/mol. The molecule has 98 valence electrons. The van der Waals surface area contributed by atoms with Crippen LogP contribution in [0.2, 0.25) is 0 Å². The van der Waals surface area contributed by atoms with Crippen LogP contribution in [0.1, 0.15) is 11.1 Å². The molecular weight excluding hydrogens is 244 g/mol. The molecule has 0 aromatic heterocycles. The largest absolute Gasteiger partial charge is 0.379 e. The van der Waals surface area contributed by atoms with E-state index in [0.717, 1.165) is 11.1 Å². The molecule has 2 aromatic rings. The van der Waals surface area contributed by atoms with Gasteiger partial charge in [0.15, 0.2) is 0 Å². The highest BCUT2D eigenvalue weighted by Gasteiger charge is 2.07. The van der Waals surface area contributed by atoms with Crippen molar-refractivity contribution >= 4 is 11.3 Å². The van der Waals surface area contributed by atoms with E-state index in [1.165, 1.54) is 19.1 Å². The lowest BCUT2D eigenvalue weighted by atomic mass is 10.1. The minimum Gasteiger partial charge on any atom is -0.379 e. The van der Waals surface area contributed by atoms with Gasteiger partial charge in [0, 0.05) is 12.6 Å². The van der Waals surface area contributed by atoms with Gasteiger partial charge in [0.05, 0.1) is 5.69 Å². The highest BCUT2D eigenvalue weighted by molar-refractivity contribution is 5.67. The third kappa shape index (κ3) is 3.19. The number of hydrogen-bond donors (Lipinski definition) is 1. The van der Waals surface area contributed by atoms with Crippen molar-refractivity contribution in [3.05, 3.63) is 71.8 Å². The molecule has 0 radical (unpaired) electrons. The van der Waals surface area contributed by atoms with Gasteiger partial charge >= 0.3 is 0 Å². The first-order valence-corrected chi connectivity index (χ1v) is 6.00. The highest BCUT2D eigenvalue weighted by atomic mass is 19.1. The van der Waals surface area contributed by atoms with Crippen LogP contribution in [0.3, 0.4) is 0 Å². The zero-order chi connectivity index (χ0) is 13.8. The van der Waals surface area contributed by atoms with E-state index >= 15 is 0 Å². The van der Waals surface area contributed by atoms with Crippen molar-refractivity contribution in [2.24, 2.45) is 0 Å². The second-order valence-electron chi connectivity index (χ2n) is 4.40. The molecule has 3 heteroatoms. The zero-order valence-electron chi connectivity index (χ0n) is 10.7. The summed E-state index contributed by atoms with van der Waals surface area (Å²) in [5, 5.41) is 2.86. The number of rotatable bonds is 4. The summed E-state index contributed by atoms with van der Waals surface area (Å²) in [5.41, 5.74) is 2.24. The molecule has 0 spiro atoms. The Kier molecular flexibility index (Phi) is 3.95. The van der Waals surface area contributed by atoms with E-state index in [9.17, 15) is 8.78 Å². The highest BCUT2D eigenvalue weighted by Crippen LogP contribution is 2.20. The van der Waals surface area contributed by atoms with E-state index < -0.39 is 11.6 Å². The maximum Gasteiger partial charge on any atom is 0.146 e. The number of aryl methyl sites for hydroxylation is 1. The van der Waals surface area contributed by atoms with Crippen molar-refractivity contribution in [1.82, 2.24) is 0 Å². The number of benzene rings is 2. The van der Waals surface area contributed by atoms with Crippen molar-refractivity contribution in [3.8, 4) is 0 Å². The molecule has 0 fully saturated rings. The molecule has 0 aliphatic rings. The molecule has 19 heavy (non-hydrogen) atoms. The predicted molar refractivity (Wildman–Crippen MR) is 75.1 cm³/mol. The van der Waals surface area contributed by atoms with Gasteiger partial charge in [-0.25, -0.2) is 8.78 Å². The molecule has 0 saturated carbocycles. The van der Waals surface area contributed by atoms with Crippen molar-refractivity contribution in [3.63, 3.8) is 0 Å². The Hall–Kier alpha value is -2.16. The summed E-state index contributed by atoms with van der Waals surface area (Å²) in [6.45, 7) is 5.83. The molecule has 0 atom stereocenters. The summed E-state index contributed by atoms with van der Waals surface area (Å²) in [4.78, 5) is 0. The Morgan fingerprint density at radius 1 is 1.11 bits per heavy atom. The topological polar surface area (TPSA) is 12.0 Å². The fourth-order valence-corrected chi connectivity index (χ4v) is 1.76. The van der Waals surface area contributed by atoms with Crippen molar-refractivity contribution in [1.29, 1.82) is 0 Å². The van der Waals surface area contributed by atoms with Gasteiger partial charge in [0.1, 0.15) is 11.6 Å². The van der Waals surface area contributed by atoms with Crippen molar-refractivity contribution in [2.75, 3.05) is 11.9 Å². The summed E-state index contributed by atoms with van der Waals surface area (Å²) in [6, 6.07) is 11.9. The Labute approximate surface area is 111 Å². The molecule has 0 saturated heterocycles. The van der Waals surface area contributed by atoms with Gasteiger partial charge in [-0.3, -0.25) is 0 Å². The van der Waals surface area contributed by atoms with Crippen LogP contribution in [0, 0.1) is 18.6 Å². The van der Waals surface area contributed by atoms with Crippen molar-refractivity contribution < 1.29 is 8.78 Å². The summed E-state index contributed by atoms with van der Waals surface area (Å²) < 4.78 is 27.0. The number of hydrogen-bond acceptors (Lipinski definition) is 1. The molecule has 0 aliphatic heterocycles. The van der Waals surface area contributed by atoms with Crippen LogP contribution in [0.25, 0.3) is 5.57 Å². The molecule has 0 amide bonds. The van der Waals surface area contributed by atoms with E-state index in [-0.39, 0.29) is 5.69 Å². The van der Waals surface area contributed by atoms with Gasteiger partial charge in [-0.15, -0.1) is 0 Å².